The van der Waals surface area contributed by atoms with Gasteiger partial charge in [0.2, 0.25) is 5.95 Å². The fourth-order valence-corrected chi connectivity index (χ4v) is 2.93. The first-order chi connectivity index (χ1) is 11.9. The van der Waals surface area contributed by atoms with Crippen molar-refractivity contribution in [2.75, 3.05) is 50.1 Å². The van der Waals surface area contributed by atoms with Crippen molar-refractivity contribution in [2.45, 2.75) is 13.5 Å². The largest absolute Gasteiger partial charge is 0.354 e. The smallest absolute Gasteiger partial charge is 0.226 e. The van der Waals surface area contributed by atoms with Gasteiger partial charge in [-0.15, -0.1) is 0 Å². The summed E-state index contributed by atoms with van der Waals surface area (Å²) in [6.45, 7) is 5.97. The molecule has 0 unspecified atom stereocenters. The molecule has 2 aromatic rings. The van der Waals surface area contributed by atoms with Crippen molar-refractivity contribution in [1.29, 1.82) is 0 Å². The van der Waals surface area contributed by atoms with E-state index in [1.54, 1.807) is 6.07 Å². The van der Waals surface area contributed by atoms with Gasteiger partial charge in [-0.25, -0.2) is 13.8 Å². The maximum atomic E-state index is 13.3. The van der Waals surface area contributed by atoms with Gasteiger partial charge in [-0.3, -0.25) is 4.90 Å². The van der Waals surface area contributed by atoms with Gasteiger partial charge in [-0.2, -0.15) is 4.98 Å². The fraction of sp³-hybridized carbons (Fsp3) is 0.444. The SMILES string of the molecule is Cc1cc(N2CCN(Cc3ccc(F)c(F)c3)CC2)nc(N(C)C)n1. The summed E-state index contributed by atoms with van der Waals surface area (Å²) < 4.78 is 26.4. The molecule has 0 saturated carbocycles. The summed E-state index contributed by atoms with van der Waals surface area (Å²) in [6.07, 6.45) is 0. The number of rotatable bonds is 4. The van der Waals surface area contributed by atoms with Crippen LogP contribution in [0.25, 0.3) is 0 Å². The van der Waals surface area contributed by atoms with Crippen molar-refractivity contribution in [1.82, 2.24) is 14.9 Å². The number of hydrogen-bond acceptors (Lipinski definition) is 5. The number of nitrogens with zero attached hydrogens (tertiary/aromatic N) is 5. The zero-order valence-electron chi connectivity index (χ0n) is 14.8. The number of aryl methyl sites for hydroxylation is 1. The molecule has 1 aliphatic heterocycles. The van der Waals surface area contributed by atoms with Crippen LogP contribution in [-0.2, 0) is 6.54 Å². The molecule has 0 atom stereocenters. The average molecular weight is 347 g/mol. The predicted octanol–water partition coefficient (Wildman–Crippen LogP) is 2.45. The fourth-order valence-electron chi connectivity index (χ4n) is 2.93. The molecule has 1 saturated heterocycles. The maximum absolute atomic E-state index is 13.3. The van der Waals surface area contributed by atoms with E-state index >= 15 is 0 Å². The summed E-state index contributed by atoms with van der Waals surface area (Å²) in [4.78, 5) is 15.4. The van der Waals surface area contributed by atoms with Crippen LogP contribution >= 0.6 is 0 Å². The quantitative estimate of drug-likeness (QED) is 0.849. The van der Waals surface area contributed by atoms with E-state index in [-0.39, 0.29) is 0 Å². The highest BCUT2D eigenvalue weighted by Crippen LogP contribution is 2.19. The molecule has 5 nitrogen and oxygen atoms in total. The van der Waals surface area contributed by atoms with E-state index in [0.717, 1.165) is 43.3 Å². The first-order valence-electron chi connectivity index (χ1n) is 8.36. The van der Waals surface area contributed by atoms with Gasteiger partial charge in [0, 0.05) is 58.6 Å². The number of benzene rings is 1. The van der Waals surface area contributed by atoms with Crippen LogP contribution in [0.15, 0.2) is 24.3 Å². The molecule has 1 aromatic carbocycles. The summed E-state index contributed by atoms with van der Waals surface area (Å²) in [5, 5.41) is 0. The number of hydrogen-bond donors (Lipinski definition) is 0. The van der Waals surface area contributed by atoms with E-state index in [1.807, 2.05) is 32.0 Å². The molecular weight excluding hydrogens is 324 g/mol. The summed E-state index contributed by atoms with van der Waals surface area (Å²) in [5.74, 6) is 0.0519. The summed E-state index contributed by atoms with van der Waals surface area (Å²) >= 11 is 0. The molecule has 0 bridgehead atoms. The predicted molar refractivity (Wildman–Crippen MR) is 94.9 cm³/mol. The molecule has 1 aliphatic rings. The van der Waals surface area contributed by atoms with Crippen LogP contribution in [-0.4, -0.2) is 55.1 Å². The summed E-state index contributed by atoms with van der Waals surface area (Å²) in [6, 6.07) is 6.10. The topological polar surface area (TPSA) is 35.5 Å². The molecule has 0 spiro atoms. The van der Waals surface area contributed by atoms with E-state index in [0.29, 0.717) is 12.5 Å². The van der Waals surface area contributed by atoms with Gasteiger partial charge in [0.15, 0.2) is 11.6 Å². The van der Waals surface area contributed by atoms with E-state index in [4.69, 9.17) is 0 Å². The molecule has 25 heavy (non-hydrogen) atoms. The van der Waals surface area contributed by atoms with Crippen molar-refractivity contribution >= 4 is 11.8 Å². The van der Waals surface area contributed by atoms with Crippen LogP contribution in [0.2, 0.25) is 0 Å². The number of anilines is 2. The molecule has 7 heteroatoms. The number of aromatic nitrogens is 2. The number of halogens is 2. The Kier molecular flexibility index (Phi) is 5.13. The first kappa shape index (κ1) is 17.5. The number of piperazine rings is 1. The summed E-state index contributed by atoms with van der Waals surface area (Å²) in [5.41, 5.74) is 1.73. The molecule has 2 heterocycles. The van der Waals surface area contributed by atoms with Crippen LogP contribution in [0.3, 0.4) is 0 Å². The minimum atomic E-state index is -0.801. The Morgan fingerprint density at radius 1 is 1.00 bits per heavy atom. The highest BCUT2D eigenvalue weighted by atomic mass is 19.2. The highest BCUT2D eigenvalue weighted by molar-refractivity contribution is 5.45. The molecular formula is C18H23F2N5. The zero-order valence-corrected chi connectivity index (χ0v) is 14.8. The van der Waals surface area contributed by atoms with Crippen molar-refractivity contribution in [3.8, 4) is 0 Å². The molecule has 0 amide bonds. The van der Waals surface area contributed by atoms with Crippen LogP contribution in [0.1, 0.15) is 11.3 Å². The van der Waals surface area contributed by atoms with Gasteiger partial charge >= 0.3 is 0 Å². The van der Waals surface area contributed by atoms with Gasteiger partial charge in [-0.05, 0) is 24.6 Å². The van der Waals surface area contributed by atoms with Crippen molar-refractivity contribution in [2.24, 2.45) is 0 Å². The standard InChI is InChI=1S/C18H23F2N5/c1-13-10-17(22-18(21-13)23(2)3)25-8-6-24(7-9-25)12-14-4-5-15(19)16(20)11-14/h4-5,10-11H,6-9,12H2,1-3H3. The lowest BCUT2D eigenvalue weighted by Crippen LogP contribution is -2.46. The Labute approximate surface area is 146 Å². The molecule has 0 aliphatic carbocycles. The van der Waals surface area contributed by atoms with Crippen LogP contribution in [0, 0.1) is 18.6 Å². The molecule has 3 rings (SSSR count). The monoisotopic (exact) mass is 347 g/mol. The third-order valence-electron chi connectivity index (χ3n) is 4.32. The molecule has 1 aromatic heterocycles. The molecule has 1 fully saturated rings. The highest BCUT2D eigenvalue weighted by Gasteiger charge is 2.19. The second-order valence-electron chi connectivity index (χ2n) is 6.57. The van der Waals surface area contributed by atoms with E-state index in [1.165, 1.54) is 12.1 Å². The third kappa shape index (κ3) is 4.22. The van der Waals surface area contributed by atoms with E-state index in [2.05, 4.69) is 19.8 Å². The minimum absolute atomic E-state index is 0.622. The van der Waals surface area contributed by atoms with Gasteiger partial charge in [0.25, 0.3) is 0 Å². The first-order valence-corrected chi connectivity index (χ1v) is 8.36. The minimum Gasteiger partial charge on any atom is -0.354 e. The lowest BCUT2D eigenvalue weighted by atomic mass is 10.2. The Morgan fingerprint density at radius 2 is 1.72 bits per heavy atom. The normalized spacial score (nSPS) is 15.5. The average Bonchev–Trinajstić information content (AvgIpc) is 2.58. The Bertz CT molecular complexity index is 742. The van der Waals surface area contributed by atoms with Gasteiger partial charge in [0.1, 0.15) is 5.82 Å². The van der Waals surface area contributed by atoms with E-state index < -0.39 is 11.6 Å². The van der Waals surface area contributed by atoms with Gasteiger partial charge in [0.05, 0.1) is 0 Å². The lowest BCUT2D eigenvalue weighted by molar-refractivity contribution is 0.249. The second kappa shape index (κ2) is 7.31. The van der Waals surface area contributed by atoms with Crippen molar-refractivity contribution in [3.05, 3.63) is 47.2 Å². The molecule has 134 valence electrons. The second-order valence-corrected chi connectivity index (χ2v) is 6.57. The zero-order chi connectivity index (χ0) is 18.0. The van der Waals surface area contributed by atoms with E-state index in [9.17, 15) is 8.78 Å². The summed E-state index contributed by atoms with van der Waals surface area (Å²) in [7, 11) is 3.86. The maximum Gasteiger partial charge on any atom is 0.226 e. The van der Waals surface area contributed by atoms with Crippen LogP contribution < -0.4 is 9.80 Å². The Morgan fingerprint density at radius 3 is 2.36 bits per heavy atom. The third-order valence-corrected chi connectivity index (χ3v) is 4.32. The van der Waals surface area contributed by atoms with Crippen LogP contribution in [0.4, 0.5) is 20.5 Å². The van der Waals surface area contributed by atoms with Crippen LogP contribution in [0.5, 0.6) is 0 Å². The van der Waals surface area contributed by atoms with Gasteiger partial charge < -0.3 is 9.80 Å². The lowest BCUT2D eigenvalue weighted by Gasteiger charge is -2.35. The molecule has 0 radical (unpaired) electrons. The van der Waals surface area contributed by atoms with Crippen molar-refractivity contribution < 1.29 is 8.78 Å². The Balaban J connectivity index is 1.63. The van der Waals surface area contributed by atoms with Gasteiger partial charge in [-0.1, -0.05) is 6.07 Å². The van der Waals surface area contributed by atoms with Crippen molar-refractivity contribution in [3.63, 3.8) is 0 Å². The Hall–Kier alpha value is -2.28. The molecule has 0 N–H and O–H groups in total.